The van der Waals surface area contributed by atoms with Gasteiger partial charge in [0.1, 0.15) is 12.2 Å². The Kier molecular flexibility index (Phi) is 8.50. The van der Waals surface area contributed by atoms with Crippen LogP contribution in [-0.4, -0.2) is 90.8 Å². The summed E-state index contributed by atoms with van der Waals surface area (Å²) in [5.41, 5.74) is 0. The lowest BCUT2D eigenvalue weighted by Gasteiger charge is -2.36. The Morgan fingerprint density at radius 1 is 1.25 bits per heavy atom. The molecule has 0 amide bonds. The summed E-state index contributed by atoms with van der Waals surface area (Å²) in [6.07, 6.45) is 3.80. The number of aliphatic imine (C=N–C) groups is 1. The monoisotopic (exact) mass is 393 g/mol. The van der Waals surface area contributed by atoms with Crippen LogP contribution in [0.4, 0.5) is 0 Å². The minimum atomic E-state index is 0.409. The first-order valence-electron chi connectivity index (χ1n) is 10.6. The Morgan fingerprint density at radius 2 is 2.11 bits per heavy atom. The minimum absolute atomic E-state index is 0.409. The lowest BCUT2D eigenvalue weighted by Crippen LogP contribution is -2.49. The number of aromatic nitrogens is 3. The molecule has 0 bridgehead atoms. The molecule has 0 saturated carbocycles. The van der Waals surface area contributed by atoms with Crippen LogP contribution in [0.1, 0.15) is 26.1 Å². The van der Waals surface area contributed by atoms with E-state index in [9.17, 15) is 0 Å². The number of nitrogens with zero attached hydrogens (tertiary/aromatic N) is 5. The molecular formula is C19H35N7O2. The first-order valence-corrected chi connectivity index (χ1v) is 10.6. The van der Waals surface area contributed by atoms with E-state index in [1.807, 2.05) is 0 Å². The van der Waals surface area contributed by atoms with Crippen molar-refractivity contribution in [1.29, 1.82) is 0 Å². The van der Waals surface area contributed by atoms with E-state index in [2.05, 4.69) is 44.1 Å². The summed E-state index contributed by atoms with van der Waals surface area (Å²) >= 11 is 0. The Hall–Kier alpha value is -1.71. The van der Waals surface area contributed by atoms with Crippen LogP contribution in [0.3, 0.4) is 0 Å². The molecule has 1 aromatic rings. The summed E-state index contributed by atoms with van der Waals surface area (Å²) in [5, 5.41) is 14.9. The maximum atomic E-state index is 5.66. The van der Waals surface area contributed by atoms with E-state index in [1.165, 1.54) is 0 Å². The van der Waals surface area contributed by atoms with Gasteiger partial charge in [-0.3, -0.25) is 9.89 Å². The molecule has 1 aromatic heterocycles. The molecule has 9 heteroatoms. The van der Waals surface area contributed by atoms with Gasteiger partial charge in [-0.25, -0.2) is 0 Å². The zero-order valence-electron chi connectivity index (χ0n) is 17.3. The molecule has 2 atom stereocenters. The van der Waals surface area contributed by atoms with Crippen LogP contribution in [-0.2, 0) is 22.4 Å². The number of rotatable bonds is 9. The highest BCUT2D eigenvalue weighted by molar-refractivity contribution is 5.79. The van der Waals surface area contributed by atoms with Crippen molar-refractivity contribution in [2.45, 2.75) is 39.3 Å². The number of nitrogens with one attached hydrogen (secondary N) is 2. The van der Waals surface area contributed by atoms with Gasteiger partial charge in [0.25, 0.3) is 0 Å². The Morgan fingerprint density at radius 3 is 2.82 bits per heavy atom. The van der Waals surface area contributed by atoms with Gasteiger partial charge >= 0.3 is 0 Å². The van der Waals surface area contributed by atoms with E-state index in [-0.39, 0.29) is 0 Å². The van der Waals surface area contributed by atoms with Crippen molar-refractivity contribution in [3.05, 3.63) is 12.2 Å². The van der Waals surface area contributed by atoms with Gasteiger partial charge < -0.3 is 24.7 Å². The molecule has 2 aliphatic rings. The third kappa shape index (κ3) is 5.89. The second-order valence-electron chi connectivity index (χ2n) is 7.28. The van der Waals surface area contributed by atoms with Gasteiger partial charge in [-0.05, 0) is 13.3 Å². The topological polar surface area (TPSA) is 88.8 Å². The van der Waals surface area contributed by atoms with Crippen molar-refractivity contribution in [2.24, 2.45) is 10.9 Å². The summed E-state index contributed by atoms with van der Waals surface area (Å²) in [7, 11) is 0. The standard InChI is InChI=1S/C19H35N7O2/c1-3-18-24-23-15-26(18)7-6-21-19(20-4-2)22-13-17(16-5-10-28-14-16)25-8-11-27-12-9-25/h15-17H,3-14H2,1-2H3,(H2,20,21,22). The molecule has 2 fully saturated rings. The number of hydrogen-bond donors (Lipinski definition) is 2. The van der Waals surface area contributed by atoms with Crippen LogP contribution >= 0.6 is 0 Å². The van der Waals surface area contributed by atoms with E-state index in [0.717, 1.165) is 90.3 Å². The van der Waals surface area contributed by atoms with Crippen LogP contribution in [0, 0.1) is 5.92 Å². The maximum Gasteiger partial charge on any atom is 0.191 e. The van der Waals surface area contributed by atoms with Crippen LogP contribution in [0.5, 0.6) is 0 Å². The number of guanidine groups is 1. The number of ether oxygens (including phenoxy) is 2. The van der Waals surface area contributed by atoms with Gasteiger partial charge in [0, 0.05) is 57.7 Å². The maximum absolute atomic E-state index is 5.66. The molecule has 2 saturated heterocycles. The van der Waals surface area contributed by atoms with Crippen molar-refractivity contribution < 1.29 is 9.47 Å². The van der Waals surface area contributed by atoms with Crippen molar-refractivity contribution in [3.63, 3.8) is 0 Å². The molecule has 2 unspecified atom stereocenters. The summed E-state index contributed by atoms with van der Waals surface area (Å²) in [6, 6.07) is 0.409. The average Bonchev–Trinajstić information content (AvgIpc) is 3.41. The van der Waals surface area contributed by atoms with Gasteiger partial charge in [0.05, 0.1) is 26.4 Å². The summed E-state index contributed by atoms with van der Waals surface area (Å²) in [4.78, 5) is 7.44. The Bertz CT molecular complexity index is 595. The van der Waals surface area contributed by atoms with Crippen LogP contribution in [0.2, 0.25) is 0 Å². The molecule has 0 radical (unpaired) electrons. The lowest BCUT2D eigenvalue weighted by molar-refractivity contribution is 0.00368. The van der Waals surface area contributed by atoms with Crippen molar-refractivity contribution in [1.82, 2.24) is 30.3 Å². The van der Waals surface area contributed by atoms with E-state index < -0.39 is 0 Å². The molecule has 3 heterocycles. The zero-order valence-corrected chi connectivity index (χ0v) is 17.3. The summed E-state index contributed by atoms with van der Waals surface area (Å²) in [5.74, 6) is 2.43. The third-order valence-corrected chi connectivity index (χ3v) is 5.46. The van der Waals surface area contributed by atoms with Gasteiger partial charge in [-0.15, -0.1) is 10.2 Å². The van der Waals surface area contributed by atoms with Gasteiger partial charge in [-0.2, -0.15) is 0 Å². The second kappa shape index (κ2) is 11.3. The summed E-state index contributed by atoms with van der Waals surface area (Å²) in [6.45, 7) is 12.7. The fraction of sp³-hybridized carbons (Fsp3) is 0.842. The molecule has 3 rings (SSSR count). The summed E-state index contributed by atoms with van der Waals surface area (Å²) < 4.78 is 13.3. The molecule has 2 aliphatic heterocycles. The Balaban J connectivity index is 1.57. The first kappa shape index (κ1) is 21.0. The molecular weight excluding hydrogens is 358 g/mol. The minimum Gasteiger partial charge on any atom is -0.381 e. The van der Waals surface area contributed by atoms with E-state index in [1.54, 1.807) is 6.33 Å². The van der Waals surface area contributed by atoms with Crippen molar-refractivity contribution >= 4 is 5.96 Å². The average molecular weight is 394 g/mol. The number of morpholine rings is 1. The van der Waals surface area contributed by atoms with Crippen molar-refractivity contribution in [2.75, 3.05) is 59.2 Å². The number of hydrogen-bond acceptors (Lipinski definition) is 6. The SMILES string of the molecule is CCNC(=NCC(C1CCOC1)N1CCOCC1)NCCn1cnnc1CC. The third-order valence-electron chi connectivity index (χ3n) is 5.46. The van der Waals surface area contributed by atoms with E-state index in [4.69, 9.17) is 14.5 Å². The fourth-order valence-electron chi connectivity index (χ4n) is 3.89. The van der Waals surface area contributed by atoms with Crippen LogP contribution in [0.25, 0.3) is 0 Å². The van der Waals surface area contributed by atoms with E-state index in [0.29, 0.717) is 12.0 Å². The largest absolute Gasteiger partial charge is 0.381 e. The molecule has 2 N–H and O–H groups in total. The second-order valence-corrected chi connectivity index (χ2v) is 7.28. The molecule has 9 nitrogen and oxygen atoms in total. The first-order chi connectivity index (χ1) is 13.8. The highest BCUT2D eigenvalue weighted by atomic mass is 16.5. The quantitative estimate of drug-likeness (QED) is 0.455. The highest BCUT2D eigenvalue weighted by Gasteiger charge is 2.31. The number of aryl methyl sites for hydroxylation is 1. The molecule has 0 aromatic carbocycles. The van der Waals surface area contributed by atoms with Gasteiger partial charge in [-0.1, -0.05) is 6.92 Å². The zero-order chi connectivity index (χ0) is 19.6. The normalized spacial score (nSPS) is 22.4. The smallest absolute Gasteiger partial charge is 0.191 e. The fourth-order valence-corrected chi connectivity index (χ4v) is 3.89. The van der Waals surface area contributed by atoms with Gasteiger partial charge in [0.2, 0.25) is 0 Å². The van der Waals surface area contributed by atoms with E-state index >= 15 is 0 Å². The van der Waals surface area contributed by atoms with Crippen LogP contribution in [0.15, 0.2) is 11.3 Å². The molecule has 0 spiro atoms. The predicted octanol–water partition coefficient (Wildman–Crippen LogP) is 0.133. The van der Waals surface area contributed by atoms with Crippen molar-refractivity contribution in [3.8, 4) is 0 Å². The van der Waals surface area contributed by atoms with Crippen LogP contribution < -0.4 is 10.6 Å². The highest BCUT2D eigenvalue weighted by Crippen LogP contribution is 2.22. The molecule has 28 heavy (non-hydrogen) atoms. The molecule has 0 aliphatic carbocycles. The lowest BCUT2D eigenvalue weighted by atomic mass is 9.97. The van der Waals surface area contributed by atoms with Gasteiger partial charge in [0.15, 0.2) is 5.96 Å². The Labute approximate surface area is 167 Å². The molecule has 158 valence electrons. The predicted molar refractivity (Wildman–Crippen MR) is 108 cm³/mol.